The molecule has 2 aromatic rings. The average molecular weight is 334 g/mol. The number of aliphatic carboxylic acids is 1. The molecule has 1 atom stereocenters. The van der Waals surface area contributed by atoms with Gasteiger partial charge in [0.2, 0.25) is 0 Å². The van der Waals surface area contributed by atoms with Crippen molar-refractivity contribution in [3.05, 3.63) is 47.8 Å². The van der Waals surface area contributed by atoms with Crippen LogP contribution in [-0.4, -0.2) is 31.0 Å². The van der Waals surface area contributed by atoms with E-state index in [0.717, 1.165) is 18.4 Å². The molecule has 0 radical (unpaired) electrons. The molecule has 0 saturated carbocycles. The average Bonchev–Trinajstić information content (AvgIpc) is 2.94. The highest BCUT2D eigenvalue weighted by atomic mass is 32.2. The van der Waals surface area contributed by atoms with Crippen molar-refractivity contribution in [3.63, 3.8) is 0 Å². The van der Waals surface area contributed by atoms with Crippen LogP contribution in [0.25, 0.3) is 0 Å². The lowest BCUT2D eigenvalue weighted by Crippen LogP contribution is -2.17. The second-order valence-corrected chi connectivity index (χ2v) is 6.54. The van der Waals surface area contributed by atoms with E-state index in [1.807, 2.05) is 41.8 Å². The molecule has 1 aromatic carbocycles. The number of aliphatic hydroxyl groups is 1. The molecule has 124 valence electrons. The van der Waals surface area contributed by atoms with Crippen molar-refractivity contribution in [2.45, 2.75) is 49.7 Å². The molecule has 2 rings (SSSR count). The number of nitrogens with zero attached hydrogens (tertiary/aromatic N) is 2. The van der Waals surface area contributed by atoms with Crippen LogP contribution >= 0.6 is 11.8 Å². The fraction of sp³-hybridized carbons (Fsp3) is 0.412. The number of unbranched alkanes of at least 4 members (excludes halogenated alkanes) is 1. The molecular weight excluding hydrogens is 312 g/mol. The molecule has 1 aromatic heterocycles. The summed E-state index contributed by atoms with van der Waals surface area (Å²) in [4.78, 5) is 15.8. The van der Waals surface area contributed by atoms with Crippen molar-refractivity contribution < 1.29 is 15.0 Å². The summed E-state index contributed by atoms with van der Waals surface area (Å²) in [7, 11) is 0. The summed E-state index contributed by atoms with van der Waals surface area (Å²) in [6, 6.07) is 9.91. The fourth-order valence-electron chi connectivity index (χ4n) is 2.26. The van der Waals surface area contributed by atoms with Crippen LogP contribution in [0.2, 0.25) is 0 Å². The van der Waals surface area contributed by atoms with E-state index in [0.29, 0.717) is 23.8 Å². The molecule has 6 heteroatoms. The topological polar surface area (TPSA) is 75.4 Å². The van der Waals surface area contributed by atoms with E-state index in [-0.39, 0.29) is 6.61 Å². The predicted molar refractivity (Wildman–Crippen MR) is 90.5 cm³/mol. The van der Waals surface area contributed by atoms with E-state index in [2.05, 4.69) is 4.98 Å². The van der Waals surface area contributed by atoms with Crippen molar-refractivity contribution in [2.24, 2.45) is 0 Å². The van der Waals surface area contributed by atoms with Gasteiger partial charge in [0.15, 0.2) is 5.16 Å². The third-order valence-electron chi connectivity index (χ3n) is 3.49. The summed E-state index contributed by atoms with van der Waals surface area (Å²) in [5.41, 5.74) is 1.67. The Balaban J connectivity index is 2.19. The Hall–Kier alpha value is -1.79. The van der Waals surface area contributed by atoms with Crippen molar-refractivity contribution in [3.8, 4) is 0 Å². The highest BCUT2D eigenvalue weighted by Gasteiger charge is 2.21. The van der Waals surface area contributed by atoms with Gasteiger partial charge < -0.3 is 14.8 Å². The summed E-state index contributed by atoms with van der Waals surface area (Å²) in [6.07, 6.45) is 4.23. The SMILES string of the molecule is CCCC[C@@H](Sc1nc(CO)cn1Cc1ccccc1)C(=O)O. The molecule has 1 heterocycles. The first kappa shape index (κ1) is 17.6. The van der Waals surface area contributed by atoms with Gasteiger partial charge in [-0.1, -0.05) is 61.9 Å². The van der Waals surface area contributed by atoms with Crippen LogP contribution in [-0.2, 0) is 17.9 Å². The highest BCUT2D eigenvalue weighted by molar-refractivity contribution is 8.00. The van der Waals surface area contributed by atoms with E-state index in [1.54, 1.807) is 6.20 Å². The van der Waals surface area contributed by atoms with Crippen LogP contribution in [0.1, 0.15) is 37.4 Å². The zero-order valence-electron chi connectivity index (χ0n) is 13.2. The van der Waals surface area contributed by atoms with Crippen molar-refractivity contribution in [1.82, 2.24) is 9.55 Å². The number of aromatic nitrogens is 2. The molecular formula is C17H22N2O3S. The van der Waals surface area contributed by atoms with E-state index in [9.17, 15) is 15.0 Å². The minimum absolute atomic E-state index is 0.151. The maximum Gasteiger partial charge on any atom is 0.317 e. The lowest BCUT2D eigenvalue weighted by Gasteiger charge is -2.12. The van der Waals surface area contributed by atoms with Gasteiger partial charge in [-0.3, -0.25) is 4.79 Å². The number of carbonyl (C=O) groups is 1. The first-order chi connectivity index (χ1) is 11.1. The number of hydrogen-bond acceptors (Lipinski definition) is 4. The van der Waals surface area contributed by atoms with Crippen LogP contribution in [0.4, 0.5) is 0 Å². The predicted octanol–water partition coefficient (Wildman–Crippen LogP) is 3.16. The molecule has 0 unspecified atom stereocenters. The Morgan fingerprint density at radius 2 is 2.09 bits per heavy atom. The maximum atomic E-state index is 11.4. The van der Waals surface area contributed by atoms with Gasteiger partial charge in [-0.25, -0.2) is 4.98 Å². The molecule has 0 aliphatic rings. The molecule has 0 saturated heterocycles. The first-order valence-corrected chi connectivity index (χ1v) is 8.62. The second kappa shape index (κ2) is 8.74. The number of aliphatic hydroxyl groups excluding tert-OH is 1. The normalized spacial score (nSPS) is 12.3. The summed E-state index contributed by atoms with van der Waals surface area (Å²) in [5, 5.41) is 18.8. The highest BCUT2D eigenvalue weighted by Crippen LogP contribution is 2.27. The van der Waals surface area contributed by atoms with Crippen LogP contribution in [0.5, 0.6) is 0 Å². The molecule has 0 aliphatic heterocycles. The van der Waals surface area contributed by atoms with Gasteiger partial charge in [0.1, 0.15) is 5.25 Å². The third-order valence-corrected chi connectivity index (χ3v) is 4.75. The van der Waals surface area contributed by atoms with Gasteiger partial charge in [-0.15, -0.1) is 0 Å². The Morgan fingerprint density at radius 3 is 2.70 bits per heavy atom. The molecule has 0 bridgehead atoms. The summed E-state index contributed by atoms with van der Waals surface area (Å²) in [5.74, 6) is -0.816. The van der Waals surface area contributed by atoms with Crippen molar-refractivity contribution in [1.29, 1.82) is 0 Å². The summed E-state index contributed by atoms with van der Waals surface area (Å²) >= 11 is 1.26. The maximum absolute atomic E-state index is 11.4. The number of rotatable bonds is 9. The van der Waals surface area contributed by atoms with E-state index >= 15 is 0 Å². The zero-order valence-corrected chi connectivity index (χ0v) is 14.0. The van der Waals surface area contributed by atoms with Crippen molar-refractivity contribution >= 4 is 17.7 Å². The summed E-state index contributed by atoms with van der Waals surface area (Å²) < 4.78 is 1.91. The van der Waals surface area contributed by atoms with Gasteiger partial charge in [-0.05, 0) is 12.0 Å². The van der Waals surface area contributed by atoms with E-state index in [1.165, 1.54) is 11.8 Å². The number of carboxylic acid groups (broad SMARTS) is 1. The van der Waals surface area contributed by atoms with Gasteiger partial charge in [0.25, 0.3) is 0 Å². The third kappa shape index (κ3) is 5.11. The largest absolute Gasteiger partial charge is 0.480 e. The Bertz CT molecular complexity index is 628. The van der Waals surface area contributed by atoms with Crippen LogP contribution < -0.4 is 0 Å². The lowest BCUT2D eigenvalue weighted by molar-refractivity contribution is -0.136. The molecule has 23 heavy (non-hydrogen) atoms. The molecule has 0 aliphatic carbocycles. The standard InChI is InChI=1S/C17H22N2O3S/c1-2-3-9-15(16(21)22)23-17-18-14(12-20)11-19(17)10-13-7-5-4-6-8-13/h4-8,11,15,20H,2-3,9-10,12H2,1H3,(H,21,22)/t15-/m1/s1. The lowest BCUT2D eigenvalue weighted by atomic mass is 10.2. The molecule has 5 nitrogen and oxygen atoms in total. The van der Waals surface area contributed by atoms with Crippen molar-refractivity contribution in [2.75, 3.05) is 0 Å². The quantitative estimate of drug-likeness (QED) is 0.689. The number of benzene rings is 1. The Morgan fingerprint density at radius 1 is 1.35 bits per heavy atom. The number of carboxylic acids is 1. The zero-order chi connectivity index (χ0) is 16.7. The van der Waals surface area contributed by atoms with Crippen LogP contribution in [0.15, 0.2) is 41.7 Å². The first-order valence-electron chi connectivity index (χ1n) is 7.74. The van der Waals surface area contributed by atoms with Crippen LogP contribution in [0.3, 0.4) is 0 Å². The smallest absolute Gasteiger partial charge is 0.317 e. The second-order valence-electron chi connectivity index (χ2n) is 5.37. The Kier molecular flexibility index (Phi) is 6.67. The van der Waals surface area contributed by atoms with Gasteiger partial charge in [-0.2, -0.15) is 0 Å². The van der Waals surface area contributed by atoms with E-state index < -0.39 is 11.2 Å². The fourth-order valence-corrected chi connectivity index (χ4v) is 3.33. The number of imidazole rings is 1. The number of hydrogen-bond donors (Lipinski definition) is 2. The van der Waals surface area contributed by atoms with E-state index in [4.69, 9.17) is 0 Å². The van der Waals surface area contributed by atoms with Crippen LogP contribution in [0, 0.1) is 0 Å². The van der Waals surface area contributed by atoms with Gasteiger partial charge in [0.05, 0.1) is 12.3 Å². The van der Waals surface area contributed by atoms with Gasteiger partial charge in [0, 0.05) is 12.7 Å². The molecule has 2 N–H and O–H groups in total. The minimum atomic E-state index is -0.816. The molecule has 0 fully saturated rings. The molecule has 0 spiro atoms. The van der Waals surface area contributed by atoms with Gasteiger partial charge >= 0.3 is 5.97 Å². The summed E-state index contributed by atoms with van der Waals surface area (Å²) in [6.45, 7) is 2.50. The monoisotopic (exact) mass is 334 g/mol. The molecule has 0 amide bonds. The Labute approximate surface area is 140 Å². The minimum Gasteiger partial charge on any atom is -0.480 e. The number of thioether (sulfide) groups is 1.